The van der Waals surface area contributed by atoms with Crippen LogP contribution in [0.1, 0.15) is 28.4 Å². The lowest BCUT2D eigenvalue weighted by Gasteiger charge is -2.21. The summed E-state index contributed by atoms with van der Waals surface area (Å²) in [6.07, 6.45) is 1.86. The molecule has 1 atom stereocenters. The van der Waals surface area contributed by atoms with Gasteiger partial charge in [0.2, 0.25) is 0 Å². The van der Waals surface area contributed by atoms with Gasteiger partial charge in [0.05, 0.1) is 17.3 Å². The van der Waals surface area contributed by atoms with Crippen molar-refractivity contribution in [2.24, 2.45) is 0 Å². The first kappa shape index (κ1) is 25.6. The van der Waals surface area contributed by atoms with Crippen molar-refractivity contribution in [2.45, 2.75) is 22.6 Å². The van der Waals surface area contributed by atoms with Gasteiger partial charge in [-0.3, -0.25) is 9.97 Å². The summed E-state index contributed by atoms with van der Waals surface area (Å²) in [5.41, 5.74) is 6.27. The molecule has 0 amide bonds. The Balaban J connectivity index is 1.36. The van der Waals surface area contributed by atoms with E-state index >= 15 is 0 Å². The number of aromatic nitrogens is 2. The van der Waals surface area contributed by atoms with Crippen LogP contribution in [0.25, 0.3) is 11.3 Å². The molecule has 4 aromatic carbocycles. The fraction of sp³-hybridized carbons (Fsp3) is 0.0556. The zero-order chi connectivity index (χ0) is 27.1. The molecule has 6 aromatic rings. The van der Waals surface area contributed by atoms with E-state index in [1.54, 1.807) is 11.8 Å². The van der Waals surface area contributed by atoms with Gasteiger partial charge in [-0.05, 0) is 84.8 Å². The van der Waals surface area contributed by atoms with Gasteiger partial charge in [-0.1, -0.05) is 84.6 Å². The van der Waals surface area contributed by atoms with Crippen molar-refractivity contribution in [1.29, 1.82) is 0 Å². The van der Waals surface area contributed by atoms with E-state index in [1.165, 1.54) is 15.4 Å². The molecule has 2 aromatic heterocycles. The Bertz CT molecular complexity index is 1720. The Labute approximate surface area is 239 Å². The number of hydrogen-bond acceptors (Lipinski definition) is 4. The van der Waals surface area contributed by atoms with Crippen LogP contribution in [0.4, 0.5) is 0 Å². The average molecular weight is 537 g/mol. The highest BCUT2D eigenvalue weighted by Gasteiger charge is 2.22. The van der Waals surface area contributed by atoms with E-state index in [-0.39, 0.29) is 5.92 Å². The highest BCUT2D eigenvalue weighted by Crippen LogP contribution is 2.40. The Hall–Kier alpha value is -4.67. The molecule has 0 aliphatic carbocycles. The molecule has 6 rings (SSSR count). The third-order valence-electron chi connectivity index (χ3n) is 6.63. The predicted octanol–water partition coefficient (Wildman–Crippen LogP) is 9.58. The number of hydrogen-bond donors (Lipinski definition) is 0. The summed E-state index contributed by atoms with van der Waals surface area (Å²) in [5.74, 6) is 1.49. The van der Waals surface area contributed by atoms with Crippen molar-refractivity contribution >= 4 is 11.8 Å². The van der Waals surface area contributed by atoms with Crippen molar-refractivity contribution in [3.05, 3.63) is 168 Å². The Kier molecular flexibility index (Phi) is 7.69. The number of aryl methyl sites for hydroxylation is 1. The SMILES string of the molecule is Cc1cccc(-c2cccc(Oc3cccc([C@H](c4ccccn4)c4ccccc4Sc4ccccc4)c3)c2)n1. The minimum atomic E-state index is -0.0556. The van der Waals surface area contributed by atoms with Crippen molar-refractivity contribution in [3.63, 3.8) is 0 Å². The van der Waals surface area contributed by atoms with Gasteiger partial charge in [-0.2, -0.15) is 0 Å². The van der Waals surface area contributed by atoms with E-state index in [4.69, 9.17) is 9.72 Å². The maximum Gasteiger partial charge on any atom is 0.128 e. The third-order valence-corrected chi connectivity index (χ3v) is 7.73. The number of nitrogens with zero attached hydrogens (tertiary/aromatic N) is 2. The van der Waals surface area contributed by atoms with E-state index < -0.39 is 0 Å². The van der Waals surface area contributed by atoms with Gasteiger partial charge in [-0.15, -0.1) is 0 Å². The normalized spacial score (nSPS) is 11.6. The molecule has 40 heavy (non-hydrogen) atoms. The van der Waals surface area contributed by atoms with Gasteiger partial charge in [0.15, 0.2) is 0 Å². The molecule has 4 heteroatoms. The van der Waals surface area contributed by atoms with E-state index in [2.05, 4.69) is 83.8 Å². The molecule has 0 aliphatic heterocycles. The average Bonchev–Trinajstić information content (AvgIpc) is 3.00. The lowest BCUT2D eigenvalue weighted by molar-refractivity contribution is 0.482. The lowest BCUT2D eigenvalue weighted by atomic mass is 9.88. The highest BCUT2D eigenvalue weighted by atomic mass is 32.2. The summed E-state index contributed by atoms with van der Waals surface area (Å²) >= 11 is 1.77. The van der Waals surface area contributed by atoms with Crippen LogP contribution >= 0.6 is 11.8 Å². The number of pyridine rings is 2. The summed E-state index contributed by atoms with van der Waals surface area (Å²) in [5, 5.41) is 0. The molecule has 2 heterocycles. The van der Waals surface area contributed by atoms with E-state index in [0.29, 0.717) is 0 Å². The first-order chi connectivity index (χ1) is 19.7. The summed E-state index contributed by atoms with van der Waals surface area (Å²) in [6, 6.07) is 47.7. The molecule has 194 valence electrons. The Morgan fingerprint density at radius 1 is 0.650 bits per heavy atom. The molecule has 0 saturated carbocycles. The number of rotatable bonds is 8. The molecule has 0 radical (unpaired) electrons. The van der Waals surface area contributed by atoms with Crippen molar-refractivity contribution in [2.75, 3.05) is 0 Å². The molecule has 0 aliphatic rings. The second kappa shape index (κ2) is 12.0. The predicted molar refractivity (Wildman–Crippen MR) is 163 cm³/mol. The molecule has 0 fully saturated rings. The fourth-order valence-electron chi connectivity index (χ4n) is 4.80. The van der Waals surface area contributed by atoms with Crippen LogP contribution in [0.3, 0.4) is 0 Å². The van der Waals surface area contributed by atoms with Gasteiger partial charge in [0, 0.05) is 27.2 Å². The summed E-state index contributed by atoms with van der Waals surface area (Å²) in [6.45, 7) is 2.00. The van der Waals surface area contributed by atoms with Crippen LogP contribution in [0.15, 0.2) is 156 Å². The van der Waals surface area contributed by atoms with Gasteiger partial charge in [0.25, 0.3) is 0 Å². The molecule has 0 unspecified atom stereocenters. The summed E-state index contributed by atoms with van der Waals surface area (Å²) in [7, 11) is 0. The zero-order valence-corrected chi connectivity index (χ0v) is 23.0. The minimum Gasteiger partial charge on any atom is -0.457 e. The smallest absolute Gasteiger partial charge is 0.128 e. The van der Waals surface area contributed by atoms with Crippen molar-refractivity contribution in [1.82, 2.24) is 9.97 Å². The maximum absolute atomic E-state index is 6.41. The van der Waals surface area contributed by atoms with Crippen molar-refractivity contribution < 1.29 is 4.74 Å². The molecule has 0 saturated heterocycles. The molecule has 0 spiro atoms. The largest absolute Gasteiger partial charge is 0.457 e. The number of benzene rings is 4. The van der Waals surface area contributed by atoms with E-state index in [0.717, 1.165) is 39.7 Å². The zero-order valence-electron chi connectivity index (χ0n) is 22.1. The quantitative estimate of drug-likeness (QED) is 0.194. The number of ether oxygens (including phenoxy) is 1. The molecule has 3 nitrogen and oxygen atoms in total. The molecule has 0 bridgehead atoms. The van der Waals surface area contributed by atoms with Crippen LogP contribution in [0, 0.1) is 6.92 Å². The standard InChI is InChI=1S/C36H28N2OS/c1-26-12-9-21-33(38-26)27-13-10-15-29(24-27)39-30-16-11-14-28(25-30)36(34-20-7-8-23-37-34)32-19-5-6-22-35(32)40-31-17-3-2-4-18-31/h2-25,36H,1H3/t36-/m0/s1. The fourth-order valence-corrected chi connectivity index (χ4v) is 5.80. The second-order valence-electron chi connectivity index (χ2n) is 9.51. The first-order valence-electron chi connectivity index (χ1n) is 13.3. The highest BCUT2D eigenvalue weighted by molar-refractivity contribution is 7.99. The lowest BCUT2D eigenvalue weighted by Crippen LogP contribution is -2.07. The first-order valence-corrected chi connectivity index (χ1v) is 14.1. The summed E-state index contributed by atoms with van der Waals surface area (Å²) in [4.78, 5) is 11.9. The molecule has 0 N–H and O–H groups in total. The van der Waals surface area contributed by atoms with Gasteiger partial charge in [0.1, 0.15) is 11.5 Å². The van der Waals surface area contributed by atoms with E-state index in [9.17, 15) is 0 Å². The molecular weight excluding hydrogens is 508 g/mol. The van der Waals surface area contributed by atoms with Crippen LogP contribution < -0.4 is 4.74 Å². The van der Waals surface area contributed by atoms with Crippen LogP contribution in [-0.4, -0.2) is 9.97 Å². The topological polar surface area (TPSA) is 35.0 Å². The third kappa shape index (κ3) is 5.98. The van der Waals surface area contributed by atoms with Crippen LogP contribution in [0.2, 0.25) is 0 Å². The van der Waals surface area contributed by atoms with Crippen LogP contribution in [0.5, 0.6) is 11.5 Å². The monoisotopic (exact) mass is 536 g/mol. The Morgan fingerprint density at radius 2 is 1.40 bits per heavy atom. The van der Waals surface area contributed by atoms with Gasteiger partial charge < -0.3 is 4.74 Å². The van der Waals surface area contributed by atoms with Crippen LogP contribution in [-0.2, 0) is 0 Å². The second-order valence-corrected chi connectivity index (χ2v) is 10.6. The van der Waals surface area contributed by atoms with Gasteiger partial charge in [-0.25, -0.2) is 0 Å². The van der Waals surface area contributed by atoms with Crippen molar-refractivity contribution in [3.8, 4) is 22.8 Å². The van der Waals surface area contributed by atoms with Gasteiger partial charge >= 0.3 is 0 Å². The molecular formula is C36H28N2OS. The minimum absolute atomic E-state index is 0.0556. The van der Waals surface area contributed by atoms with E-state index in [1.807, 2.05) is 73.8 Å². The Morgan fingerprint density at radius 3 is 2.23 bits per heavy atom. The summed E-state index contributed by atoms with van der Waals surface area (Å²) < 4.78 is 6.41. The maximum atomic E-state index is 6.41.